The van der Waals surface area contributed by atoms with Gasteiger partial charge in [-0.05, 0) is 43.2 Å². The van der Waals surface area contributed by atoms with Gasteiger partial charge < -0.3 is 10.2 Å². The number of benzene rings is 2. The summed E-state index contributed by atoms with van der Waals surface area (Å²) in [4.78, 5) is 2.57. The zero-order valence-corrected chi connectivity index (χ0v) is 14.0. The van der Waals surface area contributed by atoms with Crippen molar-refractivity contribution in [3.63, 3.8) is 0 Å². The van der Waals surface area contributed by atoms with Crippen molar-refractivity contribution in [1.82, 2.24) is 5.32 Å². The number of anilines is 1. The van der Waals surface area contributed by atoms with E-state index in [-0.39, 0.29) is 5.54 Å². The molecule has 1 aliphatic heterocycles. The van der Waals surface area contributed by atoms with Crippen LogP contribution in [0.4, 0.5) is 5.69 Å². The van der Waals surface area contributed by atoms with E-state index in [4.69, 9.17) is 0 Å². The Morgan fingerprint density at radius 3 is 2.67 bits per heavy atom. The van der Waals surface area contributed by atoms with Crippen molar-refractivity contribution in [3.8, 4) is 0 Å². The van der Waals surface area contributed by atoms with Gasteiger partial charge in [-0.2, -0.15) is 0 Å². The van der Waals surface area contributed by atoms with E-state index in [0.717, 1.165) is 25.6 Å². The van der Waals surface area contributed by atoms with Crippen molar-refractivity contribution >= 4 is 32.4 Å². The molecule has 1 unspecified atom stereocenters. The molecule has 21 heavy (non-hydrogen) atoms. The minimum absolute atomic E-state index is 0.284. The number of rotatable bonds is 2. The number of fused-ring (bicyclic) bond motifs is 1. The number of nitrogens with one attached hydrogen (secondary N) is 1. The Morgan fingerprint density at radius 2 is 1.90 bits per heavy atom. The number of piperazine rings is 1. The van der Waals surface area contributed by atoms with Gasteiger partial charge in [0.1, 0.15) is 0 Å². The van der Waals surface area contributed by atoms with Crippen molar-refractivity contribution in [2.45, 2.75) is 25.3 Å². The predicted molar refractivity (Wildman–Crippen MR) is 93.0 cm³/mol. The minimum Gasteiger partial charge on any atom is -0.368 e. The van der Waals surface area contributed by atoms with E-state index in [1.165, 1.54) is 33.8 Å². The first kappa shape index (κ1) is 13.6. The molecule has 1 N–H and O–H groups in total. The van der Waals surface area contributed by atoms with Crippen LogP contribution in [-0.4, -0.2) is 25.2 Å². The second-order valence-corrected chi connectivity index (χ2v) is 7.51. The molecular weight excluding hydrogens is 324 g/mol. The highest BCUT2D eigenvalue weighted by molar-refractivity contribution is 9.10. The Bertz CT molecular complexity index is 680. The summed E-state index contributed by atoms with van der Waals surface area (Å²) in [5.74, 6) is 0.863. The fraction of sp³-hybridized carbons (Fsp3) is 0.444. The first-order valence-corrected chi connectivity index (χ1v) is 8.64. The maximum Gasteiger partial charge on any atom is 0.0447 e. The van der Waals surface area contributed by atoms with Crippen molar-refractivity contribution in [2.24, 2.45) is 5.92 Å². The molecule has 1 aliphatic carbocycles. The van der Waals surface area contributed by atoms with E-state index in [1.807, 2.05) is 0 Å². The maximum atomic E-state index is 3.77. The summed E-state index contributed by atoms with van der Waals surface area (Å²) in [7, 11) is 0. The van der Waals surface area contributed by atoms with Crippen molar-refractivity contribution < 1.29 is 0 Å². The smallest absolute Gasteiger partial charge is 0.0447 e. The van der Waals surface area contributed by atoms with Crippen LogP contribution in [0.5, 0.6) is 0 Å². The largest absolute Gasteiger partial charge is 0.368 e. The molecule has 2 aromatic carbocycles. The van der Waals surface area contributed by atoms with Crippen LogP contribution in [0.25, 0.3) is 10.8 Å². The molecule has 2 aromatic rings. The average Bonchev–Trinajstić information content (AvgIpc) is 3.33. The first-order chi connectivity index (χ1) is 10.2. The average molecular weight is 345 g/mol. The van der Waals surface area contributed by atoms with Gasteiger partial charge in [-0.3, -0.25) is 0 Å². The lowest BCUT2D eigenvalue weighted by Gasteiger charge is -2.43. The molecule has 2 nitrogen and oxygen atoms in total. The monoisotopic (exact) mass is 344 g/mol. The molecule has 2 aliphatic rings. The number of hydrogen-bond acceptors (Lipinski definition) is 2. The van der Waals surface area contributed by atoms with Crippen LogP contribution in [0.1, 0.15) is 19.8 Å². The molecule has 1 saturated carbocycles. The van der Waals surface area contributed by atoms with Gasteiger partial charge in [-0.25, -0.2) is 0 Å². The number of hydrogen-bond donors (Lipinski definition) is 1. The van der Waals surface area contributed by atoms with E-state index in [2.05, 4.69) is 69.5 Å². The molecular formula is C18H21BrN2. The zero-order valence-electron chi connectivity index (χ0n) is 12.4. The van der Waals surface area contributed by atoms with Gasteiger partial charge in [0, 0.05) is 40.7 Å². The van der Waals surface area contributed by atoms with E-state index < -0.39 is 0 Å². The van der Waals surface area contributed by atoms with Crippen LogP contribution in [0.2, 0.25) is 0 Å². The lowest BCUT2D eigenvalue weighted by Crippen LogP contribution is -2.60. The lowest BCUT2D eigenvalue weighted by atomic mass is 9.92. The van der Waals surface area contributed by atoms with E-state index in [0.29, 0.717) is 0 Å². The summed E-state index contributed by atoms with van der Waals surface area (Å²) in [6.45, 7) is 5.69. The van der Waals surface area contributed by atoms with Gasteiger partial charge in [0.05, 0.1) is 0 Å². The molecule has 3 heteroatoms. The van der Waals surface area contributed by atoms with E-state index in [9.17, 15) is 0 Å². The van der Waals surface area contributed by atoms with Gasteiger partial charge in [0.2, 0.25) is 0 Å². The van der Waals surface area contributed by atoms with Crippen molar-refractivity contribution in [3.05, 3.63) is 40.9 Å². The summed E-state index contributed by atoms with van der Waals surface area (Å²) in [5, 5.41) is 6.43. The Labute approximate surface area is 134 Å². The van der Waals surface area contributed by atoms with Crippen LogP contribution in [0, 0.1) is 5.92 Å². The third-order valence-electron chi connectivity index (χ3n) is 5.10. The second kappa shape index (κ2) is 4.99. The van der Waals surface area contributed by atoms with E-state index in [1.54, 1.807) is 0 Å². The fourth-order valence-electron chi connectivity index (χ4n) is 3.73. The fourth-order valence-corrected chi connectivity index (χ4v) is 4.21. The summed E-state index contributed by atoms with van der Waals surface area (Å²) in [5.41, 5.74) is 1.66. The van der Waals surface area contributed by atoms with Gasteiger partial charge in [0.15, 0.2) is 0 Å². The highest BCUT2D eigenvalue weighted by atomic mass is 79.9. The van der Waals surface area contributed by atoms with Gasteiger partial charge in [-0.15, -0.1) is 0 Å². The van der Waals surface area contributed by atoms with Crippen LogP contribution < -0.4 is 10.2 Å². The third kappa shape index (κ3) is 2.36. The zero-order chi connectivity index (χ0) is 14.4. The summed E-state index contributed by atoms with van der Waals surface area (Å²) >= 11 is 3.68. The molecule has 2 fully saturated rings. The van der Waals surface area contributed by atoms with Crippen LogP contribution in [0.15, 0.2) is 40.9 Å². The minimum atomic E-state index is 0.284. The maximum absolute atomic E-state index is 3.77. The van der Waals surface area contributed by atoms with Gasteiger partial charge in [0.25, 0.3) is 0 Å². The van der Waals surface area contributed by atoms with Gasteiger partial charge >= 0.3 is 0 Å². The van der Waals surface area contributed by atoms with E-state index >= 15 is 0 Å². The first-order valence-electron chi connectivity index (χ1n) is 7.85. The molecule has 1 atom stereocenters. The number of nitrogens with zero attached hydrogens (tertiary/aromatic N) is 1. The molecule has 0 amide bonds. The standard InChI is InChI=1S/C18H21BrN2/c1-18(13-6-7-13)12-21(11-10-20-18)17-9-8-16(19)14-4-2-3-5-15(14)17/h2-5,8-9,13,20H,6-7,10-12H2,1H3. The number of halogens is 1. The Balaban J connectivity index is 1.74. The lowest BCUT2D eigenvalue weighted by molar-refractivity contribution is 0.285. The molecule has 0 bridgehead atoms. The molecule has 0 spiro atoms. The van der Waals surface area contributed by atoms with Crippen molar-refractivity contribution in [1.29, 1.82) is 0 Å². The molecule has 0 radical (unpaired) electrons. The molecule has 110 valence electrons. The second-order valence-electron chi connectivity index (χ2n) is 6.65. The highest BCUT2D eigenvalue weighted by Gasteiger charge is 2.44. The predicted octanol–water partition coefficient (Wildman–Crippen LogP) is 4.18. The summed E-state index contributed by atoms with van der Waals surface area (Å²) in [6.07, 6.45) is 2.77. The Hall–Kier alpha value is -1.06. The van der Waals surface area contributed by atoms with Crippen LogP contribution >= 0.6 is 15.9 Å². The molecule has 4 rings (SSSR count). The Kier molecular flexibility index (Phi) is 3.23. The summed E-state index contributed by atoms with van der Waals surface area (Å²) in [6, 6.07) is 13.2. The quantitative estimate of drug-likeness (QED) is 0.878. The van der Waals surface area contributed by atoms with Gasteiger partial charge in [-0.1, -0.05) is 40.2 Å². The van der Waals surface area contributed by atoms with Crippen LogP contribution in [-0.2, 0) is 0 Å². The SMILES string of the molecule is CC1(C2CC2)CN(c2ccc(Br)c3ccccc23)CCN1. The topological polar surface area (TPSA) is 15.3 Å². The highest BCUT2D eigenvalue weighted by Crippen LogP contribution is 2.42. The Morgan fingerprint density at radius 1 is 1.14 bits per heavy atom. The molecule has 1 saturated heterocycles. The molecule has 1 heterocycles. The normalized spacial score (nSPS) is 26.3. The third-order valence-corrected chi connectivity index (χ3v) is 5.79. The summed E-state index contributed by atoms with van der Waals surface area (Å²) < 4.78 is 1.18. The van der Waals surface area contributed by atoms with Crippen molar-refractivity contribution in [2.75, 3.05) is 24.5 Å². The van der Waals surface area contributed by atoms with Crippen LogP contribution in [0.3, 0.4) is 0 Å². The molecule has 0 aromatic heterocycles.